The van der Waals surface area contributed by atoms with E-state index < -0.39 is 0 Å². The molecule has 4 aromatic rings. The second-order valence-corrected chi connectivity index (χ2v) is 7.17. The lowest BCUT2D eigenvalue weighted by molar-refractivity contribution is 0.968. The number of hydrogen-bond acceptors (Lipinski definition) is 5. The molecule has 5 nitrogen and oxygen atoms in total. The van der Waals surface area contributed by atoms with Crippen molar-refractivity contribution in [1.82, 2.24) is 24.3 Å². The predicted octanol–water partition coefficient (Wildman–Crippen LogP) is 4.65. The van der Waals surface area contributed by atoms with Gasteiger partial charge >= 0.3 is 0 Å². The van der Waals surface area contributed by atoms with Crippen LogP contribution in [0.2, 0.25) is 0 Å². The van der Waals surface area contributed by atoms with E-state index in [4.69, 9.17) is 4.98 Å². The van der Waals surface area contributed by atoms with Gasteiger partial charge in [0.2, 0.25) is 0 Å². The van der Waals surface area contributed by atoms with Gasteiger partial charge in [0.15, 0.2) is 5.16 Å². The number of fused-ring (bicyclic) bond motifs is 1. The van der Waals surface area contributed by atoms with Gasteiger partial charge in [0, 0.05) is 22.6 Å². The Morgan fingerprint density at radius 1 is 1.00 bits per heavy atom. The normalized spacial score (nSPS) is 11.2. The number of aryl methyl sites for hydroxylation is 1. The van der Waals surface area contributed by atoms with Crippen LogP contribution in [0.25, 0.3) is 28.4 Å². The first-order chi connectivity index (χ1) is 12.2. The smallest absolute Gasteiger partial charge is 0.187 e. The molecule has 0 amide bonds. The van der Waals surface area contributed by atoms with E-state index in [-0.39, 0.29) is 0 Å². The van der Waals surface area contributed by atoms with E-state index in [1.165, 1.54) is 11.8 Å². The summed E-state index contributed by atoms with van der Waals surface area (Å²) in [7, 11) is 0. The fourth-order valence-corrected chi connectivity index (χ4v) is 3.38. The molecule has 0 aromatic carbocycles. The van der Waals surface area contributed by atoms with Crippen LogP contribution in [-0.2, 0) is 0 Å². The Morgan fingerprint density at radius 2 is 1.88 bits per heavy atom. The number of aromatic nitrogens is 5. The fourth-order valence-electron chi connectivity index (χ4n) is 2.69. The van der Waals surface area contributed by atoms with E-state index in [1.54, 1.807) is 6.20 Å². The van der Waals surface area contributed by atoms with E-state index in [2.05, 4.69) is 30.9 Å². The highest BCUT2D eigenvalue weighted by Crippen LogP contribution is 2.32. The zero-order valence-electron chi connectivity index (χ0n) is 13.6. The van der Waals surface area contributed by atoms with Crippen LogP contribution in [0, 0.1) is 6.92 Å². The van der Waals surface area contributed by atoms with Crippen molar-refractivity contribution in [3.05, 3.63) is 59.0 Å². The van der Waals surface area contributed by atoms with Crippen molar-refractivity contribution in [3.8, 4) is 22.8 Å². The summed E-state index contributed by atoms with van der Waals surface area (Å²) in [6.45, 7) is 1.98. The maximum atomic E-state index is 4.81. The van der Waals surface area contributed by atoms with Gasteiger partial charge in [-0.05, 0) is 59.4 Å². The molecule has 0 fully saturated rings. The zero-order chi connectivity index (χ0) is 17.4. The number of imidazole rings is 1. The first kappa shape index (κ1) is 16.2. The SMILES string of the molecule is CSc1nccc(-c2c(-c3cccc(C)n3)nc3ccc(Br)cn23)n1. The molecule has 124 valence electrons. The minimum Gasteiger partial charge on any atom is -0.296 e. The molecular formula is C18H14BrN5S. The molecule has 0 atom stereocenters. The van der Waals surface area contributed by atoms with Gasteiger partial charge in [-0.1, -0.05) is 17.8 Å². The van der Waals surface area contributed by atoms with Crippen molar-refractivity contribution < 1.29 is 0 Å². The summed E-state index contributed by atoms with van der Waals surface area (Å²) >= 11 is 5.06. The lowest BCUT2D eigenvalue weighted by Gasteiger charge is -2.06. The average Bonchev–Trinajstić information content (AvgIpc) is 3.00. The van der Waals surface area contributed by atoms with E-state index in [0.29, 0.717) is 0 Å². The van der Waals surface area contributed by atoms with E-state index >= 15 is 0 Å². The van der Waals surface area contributed by atoms with Crippen molar-refractivity contribution in [2.75, 3.05) is 6.26 Å². The van der Waals surface area contributed by atoms with Gasteiger partial charge in [-0.25, -0.2) is 15.0 Å². The van der Waals surface area contributed by atoms with E-state index in [0.717, 1.165) is 43.7 Å². The minimum atomic E-state index is 0.727. The number of hydrogen-bond donors (Lipinski definition) is 0. The summed E-state index contributed by atoms with van der Waals surface area (Å²) in [5.74, 6) is 0. The van der Waals surface area contributed by atoms with Crippen LogP contribution in [-0.4, -0.2) is 30.6 Å². The van der Waals surface area contributed by atoms with Crippen LogP contribution in [0.5, 0.6) is 0 Å². The van der Waals surface area contributed by atoms with Crippen LogP contribution in [0.3, 0.4) is 0 Å². The fraction of sp³-hybridized carbons (Fsp3) is 0.111. The van der Waals surface area contributed by atoms with Crippen molar-refractivity contribution in [2.24, 2.45) is 0 Å². The largest absolute Gasteiger partial charge is 0.296 e. The third kappa shape index (κ3) is 3.05. The van der Waals surface area contributed by atoms with Gasteiger partial charge in [-0.15, -0.1) is 0 Å². The highest BCUT2D eigenvalue weighted by molar-refractivity contribution is 9.10. The van der Waals surface area contributed by atoms with Crippen LogP contribution in [0.15, 0.2) is 58.4 Å². The lowest BCUT2D eigenvalue weighted by Crippen LogP contribution is -1.96. The molecule has 0 N–H and O–H groups in total. The third-order valence-electron chi connectivity index (χ3n) is 3.77. The quantitative estimate of drug-likeness (QED) is 0.362. The molecule has 0 aliphatic carbocycles. The van der Waals surface area contributed by atoms with Gasteiger partial charge < -0.3 is 0 Å². The Hall–Kier alpha value is -2.25. The molecule has 25 heavy (non-hydrogen) atoms. The molecule has 0 bridgehead atoms. The molecule has 4 heterocycles. The molecule has 0 spiro atoms. The van der Waals surface area contributed by atoms with Crippen molar-refractivity contribution in [3.63, 3.8) is 0 Å². The number of nitrogens with zero attached hydrogens (tertiary/aromatic N) is 5. The second-order valence-electron chi connectivity index (χ2n) is 5.48. The summed E-state index contributed by atoms with van der Waals surface area (Å²) in [5, 5.41) is 0.727. The van der Waals surface area contributed by atoms with Gasteiger partial charge in [-0.3, -0.25) is 9.38 Å². The van der Waals surface area contributed by atoms with Crippen molar-refractivity contribution >= 4 is 33.3 Å². The average molecular weight is 412 g/mol. The van der Waals surface area contributed by atoms with Crippen molar-refractivity contribution in [2.45, 2.75) is 12.1 Å². The molecule has 0 saturated heterocycles. The Kier molecular flexibility index (Phi) is 4.27. The first-order valence-electron chi connectivity index (χ1n) is 7.65. The van der Waals surface area contributed by atoms with Gasteiger partial charge in [-0.2, -0.15) is 0 Å². The molecule has 0 saturated carbocycles. The van der Waals surface area contributed by atoms with Crippen LogP contribution in [0.4, 0.5) is 0 Å². The first-order valence-corrected chi connectivity index (χ1v) is 9.66. The Labute approximate surface area is 157 Å². The summed E-state index contributed by atoms with van der Waals surface area (Å²) < 4.78 is 3.01. The molecule has 4 aromatic heterocycles. The summed E-state index contributed by atoms with van der Waals surface area (Å²) in [4.78, 5) is 18.4. The highest BCUT2D eigenvalue weighted by atomic mass is 79.9. The topological polar surface area (TPSA) is 56.0 Å². The zero-order valence-corrected chi connectivity index (χ0v) is 16.0. The molecule has 0 aliphatic rings. The van der Waals surface area contributed by atoms with Gasteiger partial charge in [0.25, 0.3) is 0 Å². The summed E-state index contributed by atoms with van der Waals surface area (Å²) in [5.41, 5.74) is 5.18. The maximum Gasteiger partial charge on any atom is 0.187 e. The third-order valence-corrected chi connectivity index (χ3v) is 4.80. The Balaban J connectivity index is 2.05. The standard InChI is InChI=1S/C18H14BrN5S/c1-11-4-3-5-13(21-11)16-17(14-8-9-20-18(22-14)25-2)24-10-12(19)6-7-15(24)23-16/h3-10H,1-2H3. The molecular weight excluding hydrogens is 398 g/mol. The van der Waals surface area contributed by atoms with Crippen LogP contribution < -0.4 is 0 Å². The molecule has 0 unspecified atom stereocenters. The molecule has 7 heteroatoms. The summed E-state index contributed by atoms with van der Waals surface area (Å²) in [6.07, 6.45) is 5.74. The Morgan fingerprint density at radius 3 is 2.68 bits per heavy atom. The van der Waals surface area contributed by atoms with Crippen LogP contribution >= 0.6 is 27.7 Å². The monoisotopic (exact) mass is 411 g/mol. The summed E-state index contributed by atoms with van der Waals surface area (Å²) in [6, 6.07) is 11.8. The highest BCUT2D eigenvalue weighted by Gasteiger charge is 2.18. The second kappa shape index (κ2) is 6.57. The van der Waals surface area contributed by atoms with Gasteiger partial charge in [0.1, 0.15) is 17.0 Å². The number of pyridine rings is 2. The Bertz CT molecular complexity index is 1080. The molecule has 0 radical (unpaired) electrons. The van der Waals surface area contributed by atoms with Crippen LogP contribution in [0.1, 0.15) is 5.69 Å². The van der Waals surface area contributed by atoms with E-state index in [9.17, 15) is 0 Å². The number of thioether (sulfide) groups is 1. The predicted molar refractivity (Wildman–Crippen MR) is 104 cm³/mol. The number of halogens is 1. The molecule has 0 aliphatic heterocycles. The minimum absolute atomic E-state index is 0.727. The number of rotatable bonds is 3. The van der Waals surface area contributed by atoms with E-state index in [1.807, 2.05) is 60.2 Å². The lowest BCUT2D eigenvalue weighted by atomic mass is 10.1. The molecule has 4 rings (SSSR count). The van der Waals surface area contributed by atoms with Gasteiger partial charge in [0.05, 0.1) is 11.4 Å². The maximum absolute atomic E-state index is 4.81. The van der Waals surface area contributed by atoms with Crippen molar-refractivity contribution in [1.29, 1.82) is 0 Å².